The maximum atomic E-state index is 11.7. The fraction of sp³-hybridized carbons (Fsp3) is 0.375. The number of imidazole rings is 1. The van der Waals surface area contributed by atoms with E-state index in [-0.39, 0.29) is 5.56 Å². The van der Waals surface area contributed by atoms with E-state index in [0.29, 0.717) is 22.9 Å². The van der Waals surface area contributed by atoms with Crippen molar-refractivity contribution >= 4 is 22.6 Å². The molecule has 0 aliphatic heterocycles. The molecular formula is C8H9ClN4O. The zero-order valence-corrected chi connectivity index (χ0v) is 8.62. The number of nitrogens with zero attached hydrogens (tertiary/aromatic N) is 4. The molecule has 0 aliphatic carbocycles. The fourth-order valence-corrected chi connectivity index (χ4v) is 1.69. The number of halogens is 1. The fourth-order valence-electron chi connectivity index (χ4n) is 1.39. The summed E-state index contributed by atoms with van der Waals surface area (Å²) in [5, 5.41) is 4.19. The molecule has 74 valence electrons. The summed E-state index contributed by atoms with van der Waals surface area (Å²) in [6.45, 7) is 2.53. The second-order valence-electron chi connectivity index (χ2n) is 2.93. The molecule has 2 aromatic heterocycles. The van der Waals surface area contributed by atoms with E-state index in [4.69, 9.17) is 11.6 Å². The Balaban J connectivity index is 2.98. The van der Waals surface area contributed by atoms with Gasteiger partial charge in [-0.3, -0.25) is 4.79 Å². The van der Waals surface area contributed by atoms with Crippen molar-refractivity contribution in [3.05, 3.63) is 21.8 Å². The summed E-state index contributed by atoms with van der Waals surface area (Å²) in [5.41, 5.74) is 0.874. The first kappa shape index (κ1) is 9.21. The third-order valence-electron chi connectivity index (χ3n) is 2.11. The van der Waals surface area contributed by atoms with Crippen LogP contribution in [0, 0.1) is 0 Å². The molecule has 0 radical (unpaired) electrons. The molecule has 0 fully saturated rings. The molecule has 0 atom stereocenters. The van der Waals surface area contributed by atoms with E-state index in [1.165, 1.54) is 10.9 Å². The van der Waals surface area contributed by atoms with E-state index in [1.807, 2.05) is 6.92 Å². The van der Waals surface area contributed by atoms with Gasteiger partial charge in [-0.2, -0.15) is 5.10 Å². The Kier molecular flexibility index (Phi) is 2.03. The summed E-state index contributed by atoms with van der Waals surface area (Å²) < 4.78 is 2.94. The molecule has 14 heavy (non-hydrogen) atoms. The standard InChI is InChI=1S/C8H9ClN4O/c1-3-13-6-5(11-8(13)9)4-10-12(2)7(6)14/h4H,3H2,1-2H3. The van der Waals surface area contributed by atoms with Crippen LogP contribution in [0.5, 0.6) is 0 Å². The molecular weight excluding hydrogens is 204 g/mol. The summed E-state index contributed by atoms with van der Waals surface area (Å²) in [6.07, 6.45) is 1.54. The highest BCUT2D eigenvalue weighted by atomic mass is 35.5. The minimum Gasteiger partial charge on any atom is -0.310 e. The monoisotopic (exact) mass is 212 g/mol. The molecule has 0 unspecified atom stereocenters. The van der Waals surface area contributed by atoms with E-state index < -0.39 is 0 Å². The van der Waals surface area contributed by atoms with Gasteiger partial charge in [0.2, 0.25) is 5.28 Å². The first-order valence-electron chi connectivity index (χ1n) is 4.23. The molecule has 6 heteroatoms. The SMILES string of the molecule is CCn1c(Cl)nc2cnn(C)c(=O)c21. The predicted octanol–water partition coefficient (Wildman–Crippen LogP) is 0.803. The van der Waals surface area contributed by atoms with Gasteiger partial charge in [-0.05, 0) is 18.5 Å². The van der Waals surface area contributed by atoms with Gasteiger partial charge in [-0.25, -0.2) is 9.67 Å². The second-order valence-corrected chi connectivity index (χ2v) is 3.27. The van der Waals surface area contributed by atoms with Gasteiger partial charge < -0.3 is 4.57 Å². The maximum Gasteiger partial charge on any atom is 0.292 e. The van der Waals surface area contributed by atoms with E-state index in [2.05, 4.69) is 10.1 Å². The first-order valence-corrected chi connectivity index (χ1v) is 4.61. The highest BCUT2D eigenvalue weighted by Gasteiger charge is 2.11. The Labute approximate surface area is 84.9 Å². The Morgan fingerprint density at radius 2 is 2.29 bits per heavy atom. The highest BCUT2D eigenvalue weighted by molar-refractivity contribution is 6.29. The van der Waals surface area contributed by atoms with Crippen molar-refractivity contribution in [3.63, 3.8) is 0 Å². The number of hydrogen-bond donors (Lipinski definition) is 0. The lowest BCUT2D eigenvalue weighted by molar-refractivity contribution is 0.704. The van der Waals surface area contributed by atoms with Gasteiger partial charge in [0.05, 0.1) is 6.20 Å². The third-order valence-corrected chi connectivity index (χ3v) is 2.40. The maximum absolute atomic E-state index is 11.7. The van der Waals surface area contributed by atoms with Gasteiger partial charge in [-0.15, -0.1) is 0 Å². The highest BCUT2D eigenvalue weighted by Crippen LogP contribution is 2.14. The lowest BCUT2D eigenvalue weighted by Crippen LogP contribution is -2.21. The Morgan fingerprint density at radius 3 is 2.93 bits per heavy atom. The van der Waals surface area contributed by atoms with Crippen LogP contribution < -0.4 is 5.56 Å². The van der Waals surface area contributed by atoms with E-state index in [0.717, 1.165) is 0 Å². The summed E-state index contributed by atoms with van der Waals surface area (Å²) in [4.78, 5) is 15.7. The summed E-state index contributed by atoms with van der Waals surface area (Å²) >= 11 is 5.87. The van der Waals surface area contributed by atoms with Crippen molar-refractivity contribution in [2.24, 2.45) is 7.05 Å². The summed E-state index contributed by atoms with van der Waals surface area (Å²) in [5.74, 6) is 0. The van der Waals surface area contributed by atoms with E-state index >= 15 is 0 Å². The molecule has 0 bridgehead atoms. The number of aryl methyl sites for hydroxylation is 2. The average Bonchev–Trinajstić information content (AvgIpc) is 2.48. The quantitative estimate of drug-likeness (QED) is 0.703. The van der Waals surface area contributed by atoms with Crippen LogP contribution in [0.2, 0.25) is 5.28 Å². The van der Waals surface area contributed by atoms with Crippen LogP contribution >= 0.6 is 11.6 Å². The molecule has 5 nitrogen and oxygen atoms in total. The van der Waals surface area contributed by atoms with Crippen molar-refractivity contribution in [3.8, 4) is 0 Å². The molecule has 2 heterocycles. The topological polar surface area (TPSA) is 52.7 Å². The van der Waals surface area contributed by atoms with Gasteiger partial charge in [0.25, 0.3) is 5.56 Å². The smallest absolute Gasteiger partial charge is 0.292 e. The third kappa shape index (κ3) is 1.13. The van der Waals surface area contributed by atoms with E-state index in [9.17, 15) is 4.79 Å². The molecule has 0 aromatic carbocycles. The van der Waals surface area contributed by atoms with Crippen molar-refractivity contribution in [2.75, 3.05) is 0 Å². The van der Waals surface area contributed by atoms with Gasteiger partial charge in [0.15, 0.2) is 0 Å². The minimum absolute atomic E-state index is 0.177. The lowest BCUT2D eigenvalue weighted by Gasteiger charge is -2.00. The number of fused-ring (bicyclic) bond motifs is 1. The average molecular weight is 213 g/mol. The van der Waals surface area contributed by atoms with Crippen LogP contribution in [0.15, 0.2) is 11.0 Å². The minimum atomic E-state index is -0.177. The van der Waals surface area contributed by atoms with Crippen LogP contribution in [0.3, 0.4) is 0 Å². The molecule has 0 amide bonds. The number of aromatic nitrogens is 4. The molecule has 0 aliphatic rings. The molecule has 0 saturated heterocycles. The van der Waals surface area contributed by atoms with E-state index in [1.54, 1.807) is 11.6 Å². The second kappa shape index (κ2) is 3.09. The largest absolute Gasteiger partial charge is 0.310 e. The van der Waals surface area contributed by atoms with Crippen molar-refractivity contribution in [1.82, 2.24) is 19.3 Å². The van der Waals surface area contributed by atoms with Gasteiger partial charge in [-0.1, -0.05) is 0 Å². The molecule has 0 N–H and O–H groups in total. The van der Waals surface area contributed by atoms with Crippen LogP contribution in [0.25, 0.3) is 11.0 Å². The lowest BCUT2D eigenvalue weighted by atomic mass is 10.4. The predicted molar refractivity (Wildman–Crippen MR) is 53.5 cm³/mol. The van der Waals surface area contributed by atoms with Crippen LogP contribution in [-0.4, -0.2) is 19.3 Å². The molecule has 2 rings (SSSR count). The normalized spacial score (nSPS) is 11.1. The van der Waals surface area contributed by atoms with Gasteiger partial charge >= 0.3 is 0 Å². The number of rotatable bonds is 1. The summed E-state index contributed by atoms with van der Waals surface area (Å²) in [7, 11) is 1.60. The van der Waals surface area contributed by atoms with Crippen molar-refractivity contribution in [2.45, 2.75) is 13.5 Å². The van der Waals surface area contributed by atoms with Crippen LogP contribution in [-0.2, 0) is 13.6 Å². The molecule has 2 aromatic rings. The van der Waals surface area contributed by atoms with Crippen LogP contribution in [0.4, 0.5) is 0 Å². The van der Waals surface area contributed by atoms with Crippen molar-refractivity contribution in [1.29, 1.82) is 0 Å². The zero-order valence-electron chi connectivity index (χ0n) is 7.86. The molecule has 0 saturated carbocycles. The van der Waals surface area contributed by atoms with Gasteiger partial charge in [0.1, 0.15) is 11.0 Å². The van der Waals surface area contributed by atoms with Gasteiger partial charge in [0, 0.05) is 13.6 Å². The number of hydrogen-bond acceptors (Lipinski definition) is 3. The Morgan fingerprint density at radius 1 is 1.57 bits per heavy atom. The van der Waals surface area contributed by atoms with Crippen LogP contribution in [0.1, 0.15) is 6.92 Å². The Bertz CT molecular complexity index is 542. The zero-order chi connectivity index (χ0) is 10.3. The molecule has 0 spiro atoms. The summed E-state index contributed by atoms with van der Waals surface area (Å²) in [6, 6.07) is 0. The first-order chi connectivity index (χ1) is 6.65. The Hall–Kier alpha value is -1.36. The van der Waals surface area contributed by atoms with Crippen molar-refractivity contribution < 1.29 is 0 Å².